The molecule has 0 fully saturated rings. The average molecular weight is 387 g/mol. The fourth-order valence-electron chi connectivity index (χ4n) is 1.18. The number of hydrogen-bond acceptors (Lipinski definition) is 4. The quantitative estimate of drug-likeness (QED) is 0.443. The molecule has 18 heavy (non-hydrogen) atoms. The van der Waals surface area contributed by atoms with E-state index in [9.17, 15) is 18.0 Å². The second kappa shape index (κ2) is 5.79. The minimum absolute atomic E-state index is 0.114. The van der Waals surface area contributed by atoms with Gasteiger partial charge in [0.1, 0.15) is 6.07 Å². The molecule has 0 radical (unpaired) electrons. The van der Waals surface area contributed by atoms with Crippen molar-refractivity contribution in [3.8, 4) is 6.07 Å². The Kier molecular flexibility index (Phi) is 4.86. The number of methoxy groups -OCH3 is 1. The van der Waals surface area contributed by atoms with Crippen molar-refractivity contribution in [1.29, 1.82) is 5.26 Å². The molecule has 0 amide bonds. The Bertz CT molecular complexity index is 525. The van der Waals surface area contributed by atoms with Gasteiger partial charge in [0.25, 0.3) is 0 Å². The van der Waals surface area contributed by atoms with E-state index in [1.807, 2.05) is 0 Å². The van der Waals surface area contributed by atoms with E-state index in [0.29, 0.717) is 3.57 Å². The van der Waals surface area contributed by atoms with Gasteiger partial charge in [0.15, 0.2) is 0 Å². The first kappa shape index (κ1) is 15.1. The third-order valence-corrected chi connectivity index (χ3v) is 3.53. The number of carbonyl (C=O) groups excluding carboxylic acids is 1. The van der Waals surface area contributed by atoms with Crippen molar-refractivity contribution < 1.29 is 22.7 Å². The van der Waals surface area contributed by atoms with E-state index in [1.54, 1.807) is 28.7 Å². The molecule has 0 aliphatic carbocycles. The molecule has 0 bridgehead atoms. The van der Waals surface area contributed by atoms with Crippen LogP contribution in [0.3, 0.4) is 0 Å². The maximum Gasteiger partial charge on any atom is 0.446 e. The molecule has 1 rings (SSSR count). The summed E-state index contributed by atoms with van der Waals surface area (Å²) in [5.41, 5.74) is -5.01. The molecule has 0 aromatic heterocycles. The molecule has 0 unspecified atom stereocenters. The van der Waals surface area contributed by atoms with Crippen LogP contribution in [0.15, 0.2) is 17.0 Å². The van der Waals surface area contributed by atoms with Crippen molar-refractivity contribution >= 4 is 40.3 Å². The van der Waals surface area contributed by atoms with Crippen LogP contribution in [0.2, 0.25) is 0 Å². The number of esters is 1. The van der Waals surface area contributed by atoms with Crippen molar-refractivity contribution in [2.45, 2.75) is 10.4 Å². The Balaban J connectivity index is 3.44. The third kappa shape index (κ3) is 3.52. The van der Waals surface area contributed by atoms with Crippen molar-refractivity contribution in [2.75, 3.05) is 7.11 Å². The number of hydrogen-bond donors (Lipinski definition) is 0. The van der Waals surface area contributed by atoms with Crippen molar-refractivity contribution in [3.63, 3.8) is 0 Å². The number of ether oxygens (including phenoxy) is 1. The highest BCUT2D eigenvalue weighted by atomic mass is 127. The lowest BCUT2D eigenvalue weighted by atomic mass is 10.1. The standard InChI is InChI=1S/C10H5F3INO2S/c1-17-9(16)8-5(4-15)6(14)2-3-7(8)18-10(11,12)13/h2-3H,1H3. The summed E-state index contributed by atoms with van der Waals surface area (Å²) in [5, 5.41) is 8.91. The van der Waals surface area contributed by atoms with Crippen molar-refractivity contribution in [2.24, 2.45) is 0 Å². The molecule has 0 atom stereocenters. The SMILES string of the molecule is COC(=O)c1c(SC(F)(F)F)ccc(I)c1C#N. The van der Waals surface area contributed by atoms with Crippen LogP contribution in [0.25, 0.3) is 0 Å². The molecule has 1 aromatic rings. The minimum atomic E-state index is -4.54. The van der Waals surface area contributed by atoms with Crippen molar-refractivity contribution in [1.82, 2.24) is 0 Å². The first-order valence-electron chi connectivity index (χ1n) is 4.36. The number of alkyl halides is 3. The normalized spacial score (nSPS) is 10.9. The van der Waals surface area contributed by atoms with Crippen LogP contribution in [-0.4, -0.2) is 18.6 Å². The Hall–Kier alpha value is -0.950. The van der Waals surface area contributed by atoms with E-state index in [1.165, 1.54) is 6.07 Å². The van der Waals surface area contributed by atoms with Crippen LogP contribution >= 0.6 is 34.4 Å². The molecule has 8 heteroatoms. The first-order chi connectivity index (χ1) is 8.30. The smallest absolute Gasteiger partial charge is 0.446 e. The topological polar surface area (TPSA) is 50.1 Å². The van der Waals surface area contributed by atoms with Crippen LogP contribution in [0.5, 0.6) is 0 Å². The second-order valence-corrected chi connectivity index (χ2v) is 5.22. The molecule has 1 aromatic carbocycles. The lowest BCUT2D eigenvalue weighted by Gasteiger charge is -2.11. The predicted molar refractivity (Wildman–Crippen MR) is 67.1 cm³/mol. The molecule has 0 saturated carbocycles. The number of rotatable bonds is 2. The van der Waals surface area contributed by atoms with E-state index < -0.39 is 23.2 Å². The summed E-state index contributed by atoms with van der Waals surface area (Å²) in [7, 11) is 1.05. The van der Waals surface area contributed by atoms with Crippen LogP contribution in [-0.2, 0) is 4.74 Å². The van der Waals surface area contributed by atoms with Gasteiger partial charge in [-0.15, -0.1) is 0 Å². The molecule has 0 saturated heterocycles. The Morgan fingerprint density at radius 3 is 2.56 bits per heavy atom. The first-order valence-corrected chi connectivity index (χ1v) is 6.26. The molecule has 0 N–H and O–H groups in total. The van der Waals surface area contributed by atoms with E-state index >= 15 is 0 Å². The molecule has 0 aliphatic rings. The van der Waals surface area contributed by atoms with Gasteiger partial charge in [0.05, 0.1) is 18.2 Å². The molecular formula is C10H5F3INO2S. The second-order valence-electron chi connectivity index (χ2n) is 2.95. The number of nitrogens with zero attached hydrogens (tertiary/aromatic N) is 1. The number of thioether (sulfide) groups is 1. The fourth-order valence-corrected chi connectivity index (χ4v) is 2.42. The van der Waals surface area contributed by atoms with Gasteiger partial charge in [-0.25, -0.2) is 4.79 Å². The minimum Gasteiger partial charge on any atom is -0.465 e. The average Bonchev–Trinajstić information content (AvgIpc) is 2.28. The fraction of sp³-hybridized carbons (Fsp3) is 0.200. The zero-order valence-electron chi connectivity index (χ0n) is 8.84. The monoisotopic (exact) mass is 387 g/mol. The number of carbonyl (C=O) groups is 1. The largest absolute Gasteiger partial charge is 0.465 e. The molecular weight excluding hydrogens is 382 g/mol. The highest BCUT2D eigenvalue weighted by Gasteiger charge is 2.33. The van der Waals surface area contributed by atoms with E-state index in [2.05, 4.69) is 4.74 Å². The Labute approximate surface area is 118 Å². The summed E-state index contributed by atoms with van der Waals surface area (Å²) < 4.78 is 41.9. The Morgan fingerprint density at radius 1 is 1.50 bits per heavy atom. The van der Waals surface area contributed by atoms with Gasteiger partial charge in [0.2, 0.25) is 0 Å². The number of nitriles is 1. The highest BCUT2D eigenvalue weighted by Crippen LogP contribution is 2.40. The van der Waals surface area contributed by atoms with Gasteiger partial charge < -0.3 is 4.74 Å². The zero-order chi connectivity index (χ0) is 13.9. The lowest BCUT2D eigenvalue weighted by molar-refractivity contribution is -0.0328. The van der Waals surface area contributed by atoms with Crippen LogP contribution < -0.4 is 0 Å². The van der Waals surface area contributed by atoms with Crippen molar-refractivity contribution in [3.05, 3.63) is 26.8 Å². The summed E-state index contributed by atoms with van der Waals surface area (Å²) in [6, 6.07) is 4.21. The molecule has 96 valence electrons. The van der Waals surface area contributed by atoms with Gasteiger partial charge in [-0.2, -0.15) is 18.4 Å². The predicted octanol–water partition coefficient (Wildman–Crippen LogP) is 3.56. The number of benzene rings is 1. The van der Waals surface area contributed by atoms with Gasteiger partial charge >= 0.3 is 11.5 Å². The zero-order valence-corrected chi connectivity index (χ0v) is 11.8. The van der Waals surface area contributed by atoms with E-state index in [-0.39, 0.29) is 16.0 Å². The van der Waals surface area contributed by atoms with Gasteiger partial charge in [-0.05, 0) is 46.5 Å². The maximum atomic E-state index is 12.4. The molecule has 0 aliphatic heterocycles. The summed E-state index contributed by atoms with van der Waals surface area (Å²) >= 11 is 1.32. The molecule has 0 heterocycles. The van der Waals surface area contributed by atoms with Crippen LogP contribution in [0.4, 0.5) is 13.2 Å². The highest BCUT2D eigenvalue weighted by molar-refractivity contribution is 14.1. The van der Waals surface area contributed by atoms with E-state index in [4.69, 9.17) is 5.26 Å². The van der Waals surface area contributed by atoms with Gasteiger partial charge in [0, 0.05) is 8.47 Å². The van der Waals surface area contributed by atoms with E-state index in [0.717, 1.165) is 13.2 Å². The van der Waals surface area contributed by atoms with Crippen LogP contribution in [0, 0.1) is 14.9 Å². The van der Waals surface area contributed by atoms with Gasteiger partial charge in [-0.1, -0.05) is 0 Å². The number of halogens is 4. The third-order valence-electron chi connectivity index (χ3n) is 1.84. The van der Waals surface area contributed by atoms with Gasteiger partial charge in [-0.3, -0.25) is 0 Å². The van der Waals surface area contributed by atoms with Crippen LogP contribution in [0.1, 0.15) is 15.9 Å². The summed E-state index contributed by atoms with van der Waals surface area (Å²) in [6.45, 7) is 0. The summed E-state index contributed by atoms with van der Waals surface area (Å²) in [4.78, 5) is 11.2. The molecule has 0 spiro atoms. The maximum absolute atomic E-state index is 12.4. The summed E-state index contributed by atoms with van der Waals surface area (Å²) in [5.74, 6) is -0.961. The lowest BCUT2D eigenvalue weighted by Crippen LogP contribution is -2.10. The molecule has 3 nitrogen and oxygen atoms in total. The summed E-state index contributed by atoms with van der Waals surface area (Å²) in [6.07, 6.45) is 0. The Morgan fingerprint density at radius 2 is 2.11 bits per heavy atom.